The second-order valence-corrected chi connectivity index (χ2v) is 6.71. The van der Waals surface area contributed by atoms with E-state index in [-0.39, 0.29) is 21.5 Å². The van der Waals surface area contributed by atoms with Crippen LogP contribution in [-0.2, 0) is 26.0 Å². The molecule has 0 aliphatic heterocycles. The van der Waals surface area contributed by atoms with Crippen LogP contribution < -0.4 is 5.73 Å². The van der Waals surface area contributed by atoms with Crippen LogP contribution in [0, 0.1) is 12.7 Å². The third-order valence-corrected chi connectivity index (χ3v) is 4.97. The lowest BCUT2D eigenvalue weighted by molar-refractivity contribution is -0.137. The van der Waals surface area contributed by atoms with Gasteiger partial charge in [-0.3, -0.25) is 9.59 Å². The molecule has 1 heterocycles. The number of carbonyl (C=O) groups excluding carboxylic acids is 1. The van der Waals surface area contributed by atoms with Crippen LogP contribution >= 0.6 is 0 Å². The minimum atomic E-state index is -4.10. The van der Waals surface area contributed by atoms with Gasteiger partial charge in [0.2, 0.25) is 5.91 Å². The molecular weight excluding hydrogens is 315 g/mol. The topological polar surface area (TPSA) is 119 Å². The number of fused-ring (bicyclic) bond motifs is 1. The van der Waals surface area contributed by atoms with Crippen molar-refractivity contribution in [2.75, 3.05) is 5.75 Å². The summed E-state index contributed by atoms with van der Waals surface area (Å²) in [7, 11) is -4.10. The lowest BCUT2D eigenvalue weighted by Crippen LogP contribution is -2.23. The lowest BCUT2D eigenvalue weighted by atomic mass is 10.2. The van der Waals surface area contributed by atoms with E-state index < -0.39 is 39.8 Å². The van der Waals surface area contributed by atoms with Crippen LogP contribution in [0.1, 0.15) is 5.69 Å². The number of carboxylic acids is 1. The molecule has 1 aromatic carbocycles. The average molecular weight is 328 g/mol. The van der Waals surface area contributed by atoms with Crippen LogP contribution in [0.25, 0.3) is 10.9 Å². The molecule has 0 radical (unpaired) electrons. The van der Waals surface area contributed by atoms with Crippen molar-refractivity contribution < 1.29 is 27.5 Å². The van der Waals surface area contributed by atoms with Crippen molar-refractivity contribution >= 4 is 32.6 Å². The van der Waals surface area contributed by atoms with Gasteiger partial charge in [-0.15, -0.1) is 0 Å². The molecule has 0 atom stereocenters. The van der Waals surface area contributed by atoms with Crippen LogP contribution in [-0.4, -0.2) is 35.7 Å². The fourth-order valence-electron chi connectivity index (χ4n) is 2.41. The summed E-state index contributed by atoms with van der Waals surface area (Å²) >= 11 is 0. The number of amides is 1. The van der Waals surface area contributed by atoms with E-state index in [1.807, 2.05) is 0 Å². The fourth-order valence-corrected chi connectivity index (χ4v) is 3.99. The molecule has 0 saturated carbocycles. The first-order valence-electron chi connectivity index (χ1n) is 6.14. The summed E-state index contributed by atoms with van der Waals surface area (Å²) in [5.41, 5.74) is 5.30. The summed E-state index contributed by atoms with van der Waals surface area (Å²) in [5.74, 6) is -3.83. The zero-order valence-corrected chi connectivity index (χ0v) is 12.4. The van der Waals surface area contributed by atoms with Gasteiger partial charge in [0.25, 0.3) is 0 Å². The maximum atomic E-state index is 13.5. The average Bonchev–Trinajstić information content (AvgIpc) is 2.60. The summed E-state index contributed by atoms with van der Waals surface area (Å²) in [6.45, 7) is 0.911. The maximum Gasteiger partial charge on any atom is 0.323 e. The normalized spacial score (nSPS) is 11.7. The Balaban J connectivity index is 2.83. The Kier molecular flexibility index (Phi) is 3.92. The highest BCUT2D eigenvalue weighted by Gasteiger charge is 2.27. The largest absolute Gasteiger partial charge is 0.480 e. The number of hydrogen-bond acceptors (Lipinski definition) is 4. The minimum Gasteiger partial charge on any atom is -0.480 e. The number of benzene rings is 1. The molecule has 2 aromatic rings. The Morgan fingerprint density at radius 1 is 1.36 bits per heavy atom. The number of carboxylic acid groups (broad SMARTS) is 1. The molecule has 3 N–H and O–H groups in total. The van der Waals surface area contributed by atoms with Gasteiger partial charge in [0, 0.05) is 11.1 Å². The van der Waals surface area contributed by atoms with Gasteiger partial charge in [0.1, 0.15) is 18.1 Å². The van der Waals surface area contributed by atoms with Crippen molar-refractivity contribution in [3.05, 3.63) is 29.7 Å². The van der Waals surface area contributed by atoms with Crippen molar-refractivity contribution in [3.63, 3.8) is 0 Å². The molecule has 0 saturated heterocycles. The lowest BCUT2D eigenvalue weighted by Gasteiger charge is -2.05. The van der Waals surface area contributed by atoms with Crippen LogP contribution in [0.2, 0.25) is 0 Å². The Bertz CT molecular complexity index is 885. The smallest absolute Gasteiger partial charge is 0.323 e. The van der Waals surface area contributed by atoms with Crippen LogP contribution in [0.3, 0.4) is 0 Å². The number of nitrogens with zero attached hydrogens (tertiary/aromatic N) is 1. The van der Waals surface area contributed by atoms with Gasteiger partial charge in [0.05, 0.1) is 10.4 Å². The van der Waals surface area contributed by atoms with Gasteiger partial charge < -0.3 is 15.4 Å². The van der Waals surface area contributed by atoms with Crippen molar-refractivity contribution in [1.29, 1.82) is 0 Å². The monoisotopic (exact) mass is 328 g/mol. The number of hydrogen-bond donors (Lipinski definition) is 2. The second-order valence-electron chi connectivity index (χ2n) is 4.78. The molecule has 118 valence electrons. The molecule has 1 aromatic heterocycles. The molecule has 1 amide bonds. The molecule has 0 spiro atoms. The van der Waals surface area contributed by atoms with Gasteiger partial charge >= 0.3 is 5.97 Å². The van der Waals surface area contributed by atoms with Gasteiger partial charge in [-0.25, -0.2) is 12.8 Å². The summed E-state index contributed by atoms with van der Waals surface area (Å²) in [4.78, 5) is 21.6. The number of rotatable bonds is 5. The van der Waals surface area contributed by atoms with Gasteiger partial charge in [-0.2, -0.15) is 0 Å². The number of sulfone groups is 1. The molecule has 9 heteroatoms. The number of primary amides is 1. The highest BCUT2D eigenvalue weighted by Crippen LogP contribution is 2.31. The zero-order chi connectivity index (χ0) is 16.7. The Hall–Kier alpha value is -2.42. The second kappa shape index (κ2) is 5.41. The molecular formula is C13H13FN2O5S. The zero-order valence-electron chi connectivity index (χ0n) is 11.5. The first-order chi connectivity index (χ1) is 10.1. The first kappa shape index (κ1) is 16.0. The third kappa shape index (κ3) is 2.80. The predicted molar refractivity (Wildman–Crippen MR) is 75.5 cm³/mol. The summed E-state index contributed by atoms with van der Waals surface area (Å²) in [6.07, 6.45) is 0. The van der Waals surface area contributed by atoms with Crippen LogP contribution in [0.4, 0.5) is 4.39 Å². The molecule has 22 heavy (non-hydrogen) atoms. The molecule has 0 unspecified atom stereocenters. The highest BCUT2D eigenvalue weighted by molar-refractivity contribution is 7.92. The number of halogens is 1. The molecule has 0 fully saturated rings. The van der Waals surface area contributed by atoms with E-state index in [4.69, 9.17) is 10.8 Å². The number of nitrogens with two attached hydrogens (primary N) is 1. The van der Waals surface area contributed by atoms with Crippen LogP contribution in [0.15, 0.2) is 23.1 Å². The quantitative estimate of drug-likeness (QED) is 0.825. The minimum absolute atomic E-state index is 0.0278. The van der Waals surface area contributed by atoms with Crippen molar-refractivity contribution in [2.24, 2.45) is 5.73 Å². The standard InChI is InChI=1S/C13H13FN2O5S/c1-7-13(22(20,21)6-11(15)17)9-4-8(14)2-3-10(9)16(7)5-12(18)19/h2-4H,5-6H2,1H3,(H2,15,17)(H,18,19). The third-order valence-electron chi connectivity index (χ3n) is 3.16. The molecule has 0 aliphatic rings. The van der Waals surface area contributed by atoms with Gasteiger partial charge in [-0.1, -0.05) is 0 Å². The fraction of sp³-hybridized carbons (Fsp3) is 0.231. The maximum absolute atomic E-state index is 13.5. The van der Waals surface area contributed by atoms with E-state index in [0.29, 0.717) is 0 Å². The Morgan fingerprint density at radius 2 is 2.00 bits per heavy atom. The highest BCUT2D eigenvalue weighted by atomic mass is 32.2. The van der Waals surface area contributed by atoms with Crippen LogP contribution in [0.5, 0.6) is 0 Å². The van der Waals surface area contributed by atoms with E-state index in [9.17, 15) is 22.4 Å². The van der Waals surface area contributed by atoms with E-state index >= 15 is 0 Å². The van der Waals surface area contributed by atoms with E-state index in [1.165, 1.54) is 17.6 Å². The molecule has 7 nitrogen and oxygen atoms in total. The number of aliphatic carboxylic acids is 1. The van der Waals surface area contributed by atoms with Gasteiger partial charge in [0.15, 0.2) is 9.84 Å². The summed E-state index contributed by atoms with van der Waals surface area (Å²) < 4.78 is 39.3. The Labute approximate surface area is 125 Å². The van der Waals surface area contributed by atoms with Crippen molar-refractivity contribution in [3.8, 4) is 0 Å². The summed E-state index contributed by atoms with van der Waals surface area (Å²) in [6, 6.07) is 3.39. The van der Waals surface area contributed by atoms with Gasteiger partial charge in [-0.05, 0) is 25.1 Å². The predicted octanol–water partition coefficient (Wildman–Crippen LogP) is 0.432. The Morgan fingerprint density at radius 3 is 2.55 bits per heavy atom. The first-order valence-corrected chi connectivity index (χ1v) is 7.80. The van der Waals surface area contributed by atoms with Crippen molar-refractivity contribution in [1.82, 2.24) is 4.57 Å². The van der Waals surface area contributed by atoms with Crippen molar-refractivity contribution in [2.45, 2.75) is 18.4 Å². The number of aromatic nitrogens is 1. The molecule has 0 aliphatic carbocycles. The molecule has 0 bridgehead atoms. The van der Waals surface area contributed by atoms with E-state index in [0.717, 1.165) is 12.1 Å². The SMILES string of the molecule is Cc1c(S(=O)(=O)CC(N)=O)c2cc(F)ccc2n1CC(=O)O. The molecule has 2 rings (SSSR count). The summed E-state index contributed by atoms with van der Waals surface area (Å²) in [5, 5.41) is 8.97. The van der Waals surface area contributed by atoms with E-state index in [1.54, 1.807) is 0 Å². The van der Waals surface area contributed by atoms with E-state index in [2.05, 4.69) is 0 Å². The number of carbonyl (C=O) groups is 2.